The first kappa shape index (κ1) is 13.6. The third-order valence-electron chi connectivity index (χ3n) is 3.23. The van der Waals surface area contributed by atoms with E-state index in [1.165, 1.54) is 0 Å². The number of benzene rings is 2. The molecule has 2 aromatic rings. The van der Waals surface area contributed by atoms with Crippen molar-refractivity contribution in [1.82, 2.24) is 0 Å². The highest BCUT2D eigenvalue weighted by atomic mass is 35.5. The quantitative estimate of drug-likeness (QED) is 0.917. The van der Waals surface area contributed by atoms with Gasteiger partial charge in [0.1, 0.15) is 13.2 Å². The van der Waals surface area contributed by atoms with Gasteiger partial charge in [-0.3, -0.25) is 0 Å². The predicted molar refractivity (Wildman–Crippen MR) is 79.9 cm³/mol. The van der Waals surface area contributed by atoms with Crippen molar-refractivity contribution in [2.24, 2.45) is 5.73 Å². The average Bonchev–Trinajstić information content (AvgIpc) is 2.46. The van der Waals surface area contributed by atoms with Gasteiger partial charge in [0.25, 0.3) is 0 Å². The van der Waals surface area contributed by atoms with Crippen LogP contribution in [-0.4, -0.2) is 13.2 Å². The zero-order valence-corrected chi connectivity index (χ0v) is 12.1. The normalized spacial score (nSPS) is 14.9. The van der Waals surface area contributed by atoms with Gasteiger partial charge in [0.15, 0.2) is 11.5 Å². The average molecular weight is 310 g/mol. The number of halogens is 2. The molecule has 3 nitrogen and oxygen atoms in total. The Balaban J connectivity index is 1.98. The van der Waals surface area contributed by atoms with Gasteiger partial charge in [0.2, 0.25) is 0 Å². The fourth-order valence-electron chi connectivity index (χ4n) is 2.17. The fourth-order valence-corrected chi connectivity index (χ4v) is 2.56. The van der Waals surface area contributed by atoms with Crippen LogP contribution in [0.3, 0.4) is 0 Å². The lowest BCUT2D eigenvalue weighted by atomic mass is 9.99. The van der Waals surface area contributed by atoms with Gasteiger partial charge >= 0.3 is 0 Å². The first-order chi connectivity index (χ1) is 9.65. The van der Waals surface area contributed by atoms with Crippen LogP contribution in [0.1, 0.15) is 17.2 Å². The molecule has 1 unspecified atom stereocenters. The standard InChI is InChI=1S/C15H13Cl2NO2/c16-10-3-1-9(2-4-10)15(18)11-7-13-14(8-12(11)17)20-6-5-19-13/h1-4,7-8,15H,5-6,18H2. The Kier molecular flexibility index (Phi) is 3.74. The van der Waals surface area contributed by atoms with Crippen molar-refractivity contribution in [3.8, 4) is 11.5 Å². The van der Waals surface area contributed by atoms with E-state index >= 15 is 0 Å². The summed E-state index contributed by atoms with van der Waals surface area (Å²) in [4.78, 5) is 0. The minimum absolute atomic E-state index is 0.337. The molecule has 0 fully saturated rings. The van der Waals surface area contributed by atoms with Crippen molar-refractivity contribution in [1.29, 1.82) is 0 Å². The van der Waals surface area contributed by atoms with Crippen LogP contribution in [0.4, 0.5) is 0 Å². The monoisotopic (exact) mass is 309 g/mol. The first-order valence-electron chi connectivity index (χ1n) is 6.25. The summed E-state index contributed by atoms with van der Waals surface area (Å²) in [5.74, 6) is 1.34. The van der Waals surface area contributed by atoms with Gasteiger partial charge in [-0.2, -0.15) is 0 Å². The Morgan fingerprint density at radius 1 is 0.950 bits per heavy atom. The molecule has 1 aliphatic heterocycles. The van der Waals surface area contributed by atoms with Crippen molar-refractivity contribution in [3.05, 3.63) is 57.6 Å². The molecule has 3 rings (SSSR count). The van der Waals surface area contributed by atoms with Crippen LogP contribution in [0.25, 0.3) is 0 Å². The van der Waals surface area contributed by atoms with Crippen LogP contribution in [0.5, 0.6) is 11.5 Å². The van der Waals surface area contributed by atoms with E-state index in [-0.39, 0.29) is 6.04 Å². The molecule has 0 radical (unpaired) electrons. The number of fused-ring (bicyclic) bond motifs is 1. The molecule has 0 saturated heterocycles. The maximum Gasteiger partial charge on any atom is 0.162 e. The molecular formula is C15H13Cl2NO2. The molecule has 2 N–H and O–H groups in total. The lowest BCUT2D eigenvalue weighted by Crippen LogP contribution is -2.17. The van der Waals surface area contributed by atoms with Gasteiger partial charge in [-0.25, -0.2) is 0 Å². The lowest BCUT2D eigenvalue weighted by molar-refractivity contribution is 0.171. The molecule has 104 valence electrons. The topological polar surface area (TPSA) is 44.5 Å². The summed E-state index contributed by atoms with van der Waals surface area (Å²) in [6, 6.07) is 10.7. The van der Waals surface area contributed by atoms with Gasteiger partial charge < -0.3 is 15.2 Å². The third kappa shape index (κ3) is 2.57. The zero-order chi connectivity index (χ0) is 14.1. The van der Waals surface area contributed by atoms with E-state index < -0.39 is 0 Å². The van der Waals surface area contributed by atoms with Gasteiger partial charge in [0.05, 0.1) is 6.04 Å². The van der Waals surface area contributed by atoms with Crippen molar-refractivity contribution < 1.29 is 9.47 Å². The molecule has 1 aliphatic rings. The smallest absolute Gasteiger partial charge is 0.162 e. The second-order valence-corrected chi connectivity index (χ2v) is 5.39. The Labute approximate surface area is 127 Å². The molecule has 0 amide bonds. The zero-order valence-electron chi connectivity index (χ0n) is 10.6. The van der Waals surface area contributed by atoms with Crippen LogP contribution < -0.4 is 15.2 Å². The van der Waals surface area contributed by atoms with Crippen LogP contribution in [-0.2, 0) is 0 Å². The molecule has 2 aromatic carbocycles. The highest BCUT2D eigenvalue weighted by molar-refractivity contribution is 6.31. The van der Waals surface area contributed by atoms with Gasteiger partial charge in [0, 0.05) is 16.1 Å². The van der Waals surface area contributed by atoms with E-state index in [1.54, 1.807) is 6.07 Å². The number of hydrogen-bond acceptors (Lipinski definition) is 3. The molecule has 1 heterocycles. The van der Waals surface area contributed by atoms with Crippen molar-refractivity contribution in [2.45, 2.75) is 6.04 Å². The SMILES string of the molecule is NC(c1ccc(Cl)cc1)c1cc2c(cc1Cl)OCCO2. The Morgan fingerprint density at radius 3 is 2.20 bits per heavy atom. The van der Waals surface area contributed by atoms with Crippen molar-refractivity contribution in [3.63, 3.8) is 0 Å². The van der Waals surface area contributed by atoms with Gasteiger partial charge in [-0.1, -0.05) is 35.3 Å². The summed E-state index contributed by atoms with van der Waals surface area (Å²) in [5.41, 5.74) is 8.02. The molecule has 0 spiro atoms. The van der Waals surface area contributed by atoms with E-state index in [0.29, 0.717) is 34.8 Å². The van der Waals surface area contributed by atoms with Gasteiger partial charge in [-0.05, 0) is 29.3 Å². The maximum absolute atomic E-state index is 6.30. The third-order valence-corrected chi connectivity index (χ3v) is 3.80. The molecule has 1 atom stereocenters. The highest BCUT2D eigenvalue weighted by Crippen LogP contribution is 2.38. The molecule has 20 heavy (non-hydrogen) atoms. The molecular weight excluding hydrogens is 297 g/mol. The minimum Gasteiger partial charge on any atom is -0.486 e. The summed E-state index contributed by atoms with van der Waals surface area (Å²) in [6.07, 6.45) is 0. The summed E-state index contributed by atoms with van der Waals surface area (Å²) >= 11 is 12.2. The number of rotatable bonds is 2. The second kappa shape index (κ2) is 5.52. The molecule has 0 aliphatic carbocycles. The van der Waals surface area contributed by atoms with Crippen molar-refractivity contribution in [2.75, 3.05) is 13.2 Å². The summed E-state index contributed by atoms with van der Waals surface area (Å²) in [6.45, 7) is 1.07. The van der Waals surface area contributed by atoms with Crippen LogP contribution >= 0.6 is 23.2 Å². The minimum atomic E-state index is -0.337. The maximum atomic E-state index is 6.30. The van der Waals surface area contributed by atoms with Crippen molar-refractivity contribution >= 4 is 23.2 Å². The Hall–Kier alpha value is -1.42. The largest absolute Gasteiger partial charge is 0.486 e. The van der Waals surface area contributed by atoms with Crippen LogP contribution in [0, 0.1) is 0 Å². The fraction of sp³-hybridized carbons (Fsp3) is 0.200. The predicted octanol–water partition coefficient (Wildman–Crippen LogP) is 3.81. The van der Waals surface area contributed by atoms with Gasteiger partial charge in [-0.15, -0.1) is 0 Å². The Morgan fingerprint density at radius 2 is 1.55 bits per heavy atom. The lowest BCUT2D eigenvalue weighted by Gasteiger charge is -2.22. The summed E-state index contributed by atoms with van der Waals surface area (Å²) in [5, 5.41) is 1.24. The number of ether oxygens (including phenoxy) is 2. The van der Waals surface area contributed by atoms with E-state index in [0.717, 1.165) is 11.1 Å². The second-order valence-electron chi connectivity index (χ2n) is 4.55. The molecule has 5 heteroatoms. The number of hydrogen-bond donors (Lipinski definition) is 1. The van der Waals surface area contributed by atoms with E-state index in [4.69, 9.17) is 38.4 Å². The van der Waals surface area contributed by atoms with E-state index in [1.807, 2.05) is 30.3 Å². The Bertz CT molecular complexity index is 629. The van der Waals surface area contributed by atoms with E-state index in [9.17, 15) is 0 Å². The number of nitrogens with two attached hydrogens (primary N) is 1. The van der Waals surface area contributed by atoms with Crippen LogP contribution in [0.2, 0.25) is 10.0 Å². The first-order valence-corrected chi connectivity index (χ1v) is 7.01. The highest BCUT2D eigenvalue weighted by Gasteiger charge is 2.19. The molecule has 0 aromatic heterocycles. The molecule has 0 bridgehead atoms. The molecule has 0 saturated carbocycles. The summed E-state index contributed by atoms with van der Waals surface area (Å²) in [7, 11) is 0. The van der Waals surface area contributed by atoms with Crippen LogP contribution in [0.15, 0.2) is 36.4 Å². The van der Waals surface area contributed by atoms with E-state index in [2.05, 4.69) is 0 Å². The summed E-state index contributed by atoms with van der Waals surface area (Å²) < 4.78 is 11.1.